The molecule has 1 aromatic carbocycles. The van der Waals surface area contributed by atoms with Crippen LogP contribution in [0.5, 0.6) is 0 Å². The highest BCUT2D eigenvalue weighted by atomic mass is 32.2. The molecule has 0 spiro atoms. The number of primary sulfonamides is 1. The third kappa shape index (κ3) is 6.44. The van der Waals surface area contributed by atoms with Crippen LogP contribution >= 0.6 is 0 Å². The van der Waals surface area contributed by atoms with Gasteiger partial charge in [0.05, 0.1) is 16.4 Å². The number of esters is 1. The van der Waals surface area contributed by atoms with Gasteiger partial charge in [-0.15, -0.1) is 0 Å². The van der Waals surface area contributed by atoms with Crippen molar-refractivity contribution >= 4 is 33.4 Å². The lowest BCUT2D eigenvalue weighted by atomic mass is 9.97. The Hall–Kier alpha value is -3.19. The van der Waals surface area contributed by atoms with Gasteiger partial charge in [-0.05, 0) is 56.2 Å². The number of halogens is 3. The van der Waals surface area contributed by atoms with Crippen molar-refractivity contribution in [2.75, 3.05) is 23.3 Å². The van der Waals surface area contributed by atoms with Gasteiger partial charge in [-0.25, -0.2) is 18.5 Å². The van der Waals surface area contributed by atoms with E-state index in [1.54, 1.807) is 4.90 Å². The van der Waals surface area contributed by atoms with Gasteiger partial charge in [-0.2, -0.15) is 13.2 Å². The second-order valence-electron chi connectivity index (χ2n) is 7.80. The van der Waals surface area contributed by atoms with Crippen molar-refractivity contribution in [1.82, 2.24) is 4.98 Å². The molecule has 13 heteroatoms. The molecular weight excluding hydrogens is 477 g/mol. The first-order valence-corrected chi connectivity index (χ1v) is 11.8. The number of anilines is 2. The van der Waals surface area contributed by atoms with E-state index in [1.807, 2.05) is 0 Å². The van der Waals surface area contributed by atoms with Crippen molar-refractivity contribution in [2.24, 2.45) is 11.1 Å². The number of amides is 1. The number of rotatable bonds is 6. The summed E-state index contributed by atoms with van der Waals surface area (Å²) in [6.07, 6.45) is -3.99. The van der Waals surface area contributed by atoms with Crippen LogP contribution in [0.4, 0.5) is 24.7 Å². The number of pyridine rings is 1. The SMILES string of the molecule is C[C@@H](OC(=O)C1CCN(c2ccc(C(F)(F)F)cn2)CC1)C(=O)Nc1ccc(S(N)(=O)=O)cc1. The largest absolute Gasteiger partial charge is 0.452 e. The first kappa shape index (κ1) is 25.4. The van der Waals surface area contributed by atoms with E-state index in [-0.39, 0.29) is 4.90 Å². The molecular formula is C21H23F3N4O5S. The summed E-state index contributed by atoms with van der Waals surface area (Å²) in [5.74, 6) is -1.22. The van der Waals surface area contributed by atoms with Crippen molar-refractivity contribution in [3.63, 3.8) is 0 Å². The maximum absolute atomic E-state index is 12.7. The Kier molecular flexibility index (Phi) is 7.46. The Labute approximate surface area is 194 Å². The van der Waals surface area contributed by atoms with E-state index in [4.69, 9.17) is 9.88 Å². The van der Waals surface area contributed by atoms with Crippen molar-refractivity contribution in [3.05, 3.63) is 48.2 Å². The molecule has 9 nitrogen and oxygen atoms in total. The first-order valence-electron chi connectivity index (χ1n) is 10.3. The summed E-state index contributed by atoms with van der Waals surface area (Å²) in [5, 5.41) is 7.55. The van der Waals surface area contributed by atoms with Gasteiger partial charge in [0.15, 0.2) is 6.10 Å². The maximum atomic E-state index is 12.7. The molecule has 34 heavy (non-hydrogen) atoms. The number of benzene rings is 1. The van der Waals surface area contributed by atoms with Crippen molar-refractivity contribution in [3.8, 4) is 0 Å². The van der Waals surface area contributed by atoms with Crippen LogP contribution in [0.15, 0.2) is 47.5 Å². The Morgan fingerprint density at radius 2 is 1.76 bits per heavy atom. The zero-order valence-corrected chi connectivity index (χ0v) is 18.9. The number of carbonyl (C=O) groups excluding carboxylic acids is 2. The second kappa shape index (κ2) is 9.97. The molecule has 3 N–H and O–H groups in total. The van der Waals surface area contributed by atoms with Gasteiger partial charge in [0.2, 0.25) is 10.0 Å². The smallest absolute Gasteiger partial charge is 0.417 e. The average Bonchev–Trinajstić information content (AvgIpc) is 2.78. The number of alkyl halides is 3. The summed E-state index contributed by atoms with van der Waals surface area (Å²) in [6, 6.07) is 7.45. The number of hydrogen-bond donors (Lipinski definition) is 2. The van der Waals surface area contributed by atoms with E-state index in [0.29, 0.717) is 37.4 Å². The van der Waals surface area contributed by atoms with Crippen LogP contribution in [0.1, 0.15) is 25.3 Å². The zero-order chi connectivity index (χ0) is 25.1. The van der Waals surface area contributed by atoms with Gasteiger partial charge in [0.25, 0.3) is 5.91 Å². The highest BCUT2D eigenvalue weighted by Crippen LogP contribution is 2.30. The maximum Gasteiger partial charge on any atom is 0.417 e. The Morgan fingerprint density at radius 1 is 1.15 bits per heavy atom. The second-order valence-corrected chi connectivity index (χ2v) is 9.36. The van der Waals surface area contributed by atoms with Crippen LogP contribution in [0.3, 0.4) is 0 Å². The lowest BCUT2D eigenvalue weighted by Crippen LogP contribution is -2.39. The third-order valence-corrected chi connectivity index (χ3v) is 6.27. The van der Waals surface area contributed by atoms with E-state index in [9.17, 15) is 31.2 Å². The number of nitrogens with two attached hydrogens (primary N) is 1. The van der Waals surface area contributed by atoms with Gasteiger partial charge < -0.3 is 15.0 Å². The Morgan fingerprint density at radius 3 is 2.26 bits per heavy atom. The predicted molar refractivity (Wildman–Crippen MR) is 116 cm³/mol. The van der Waals surface area contributed by atoms with E-state index < -0.39 is 45.7 Å². The molecule has 1 fully saturated rings. The molecule has 1 amide bonds. The fourth-order valence-electron chi connectivity index (χ4n) is 3.38. The average molecular weight is 500 g/mol. The van der Waals surface area contributed by atoms with Crippen molar-refractivity contribution in [2.45, 2.75) is 36.9 Å². The molecule has 184 valence electrons. The molecule has 1 aromatic heterocycles. The summed E-state index contributed by atoms with van der Waals surface area (Å²) in [5.41, 5.74) is -0.528. The van der Waals surface area contributed by atoms with Crippen LogP contribution in [0.2, 0.25) is 0 Å². The molecule has 0 unspecified atom stereocenters. The fraction of sp³-hybridized carbons (Fsp3) is 0.381. The molecule has 1 saturated heterocycles. The van der Waals surface area contributed by atoms with Crippen LogP contribution in [0, 0.1) is 5.92 Å². The van der Waals surface area contributed by atoms with E-state index in [1.165, 1.54) is 37.3 Å². The standard InChI is InChI=1S/C21H23F3N4O5S/c1-13(19(29)27-16-3-5-17(6-4-16)34(25,31)32)33-20(30)14-8-10-28(11-9-14)18-7-2-15(12-26-18)21(22,23)24/h2-7,12-14H,8-11H2,1H3,(H,27,29)(H2,25,31,32)/t13-/m1/s1. The molecule has 1 atom stereocenters. The number of hydrogen-bond acceptors (Lipinski definition) is 7. The number of piperidine rings is 1. The van der Waals surface area contributed by atoms with Gasteiger partial charge in [0, 0.05) is 25.0 Å². The van der Waals surface area contributed by atoms with Gasteiger partial charge in [-0.1, -0.05) is 0 Å². The minimum absolute atomic E-state index is 0.109. The number of sulfonamides is 1. The van der Waals surface area contributed by atoms with Crippen LogP contribution in [-0.4, -0.2) is 44.5 Å². The third-order valence-electron chi connectivity index (χ3n) is 5.34. The quantitative estimate of drug-likeness (QED) is 0.583. The highest BCUT2D eigenvalue weighted by molar-refractivity contribution is 7.89. The molecule has 0 radical (unpaired) electrons. The van der Waals surface area contributed by atoms with Crippen molar-refractivity contribution < 1.29 is 35.9 Å². The number of nitrogens with zero attached hydrogens (tertiary/aromatic N) is 2. The monoisotopic (exact) mass is 500 g/mol. The van der Waals surface area contributed by atoms with E-state index in [0.717, 1.165) is 12.3 Å². The van der Waals surface area contributed by atoms with E-state index >= 15 is 0 Å². The number of ether oxygens (including phenoxy) is 1. The minimum atomic E-state index is -4.46. The lowest BCUT2D eigenvalue weighted by molar-refractivity contribution is -0.158. The summed E-state index contributed by atoms with van der Waals surface area (Å²) < 4.78 is 65.9. The Bertz CT molecular complexity index is 1130. The van der Waals surface area contributed by atoms with E-state index in [2.05, 4.69) is 10.3 Å². The molecule has 0 saturated carbocycles. The highest BCUT2D eigenvalue weighted by Gasteiger charge is 2.32. The summed E-state index contributed by atoms with van der Waals surface area (Å²) in [4.78, 5) is 30.3. The molecule has 1 aliphatic heterocycles. The minimum Gasteiger partial charge on any atom is -0.452 e. The number of aromatic nitrogens is 1. The van der Waals surface area contributed by atoms with Gasteiger partial charge in [-0.3, -0.25) is 9.59 Å². The van der Waals surface area contributed by atoms with Gasteiger partial charge >= 0.3 is 12.1 Å². The summed E-state index contributed by atoms with van der Waals surface area (Å²) in [7, 11) is -3.86. The molecule has 0 aliphatic carbocycles. The number of nitrogens with one attached hydrogen (secondary N) is 1. The number of carbonyl (C=O) groups is 2. The molecule has 3 rings (SSSR count). The Balaban J connectivity index is 1.49. The lowest BCUT2D eigenvalue weighted by Gasteiger charge is -2.32. The van der Waals surface area contributed by atoms with Crippen molar-refractivity contribution in [1.29, 1.82) is 0 Å². The molecule has 2 aromatic rings. The molecule has 1 aliphatic rings. The molecule has 2 heterocycles. The van der Waals surface area contributed by atoms with Gasteiger partial charge in [0.1, 0.15) is 5.82 Å². The normalized spacial score (nSPS) is 16.1. The van der Waals surface area contributed by atoms with Crippen LogP contribution in [-0.2, 0) is 30.5 Å². The predicted octanol–water partition coefficient (Wildman–Crippen LogP) is 2.53. The van der Waals surface area contributed by atoms with Crippen LogP contribution < -0.4 is 15.4 Å². The summed E-state index contributed by atoms with van der Waals surface area (Å²) >= 11 is 0. The van der Waals surface area contributed by atoms with Crippen LogP contribution in [0.25, 0.3) is 0 Å². The summed E-state index contributed by atoms with van der Waals surface area (Å²) in [6.45, 7) is 2.21. The first-order chi connectivity index (χ1) is 15.8. The fourth-order valence-corrected chi connectivity index (χ4v) is 3.90. The topological polar surface area (TPSA) is 132 Å². The zero-order valence-electron chi connectivity index (χ0n) is 18.1. The molecule has 0 bridgehead atoms.